The summed E-state index contributed by atoms with van der Waals surface area (Å²) in [5, 5.41) is 5.43. The van der Waals surface area contributed by atoms with Crippen molar-refractivity contribution in [2.24, 2.45) is 0 Å². The fourth-order valence-corrected chi connectivity index (χ4v) is 2.39. The van der Waals surface area contributed by atoms with E-state index in [4.69, 9.17) is 0 Å². The van der Waals surface area contributed by atoms with Crippen LogP contribution in [0.25, 0.3) is 0 Å². The Morgan fingerprint density at radius 3 is 2.13 bits per heavy atom. The molecule has 0 fully saturated rings. The Kier molecular flexibility index (Phi) is 5.16. The van der Waals surface area contributed by atoms with Crippen LogP contribution in [0.3, 0.4) is 0 Å². The molecule has 0 heterocycles. The van der Waals surface area contributed by atoms with Crippen LogP contribution < -0.4 is 10.6 Å². The van der Waals surface area contributed by atoms with Gasteiger partial charge in [0.15, 0.2) is 0 Å². The van der Waals surface area contributed by atoms with Crippen LogP contribution in [0.2, 0.25) is 0 Å². The zero-order valence-electron chi connectivity index (χ0n) is 14.0. The molecular weight excluding hydrogens is 288 g/mol. The molecule has 0 radical (unpaired) electrons. The van der Waals surface area contributed by atoms with Gasteiger partial charge in [0.25, 0.3) is 5.91 Å². The van der Waals surface area contributed by atoms with Crippen LogP contribution in [-0.4, -0.2) is 18.4 Å². The number of amides is 2. The van der Waals surface area contributed by atoms with Gasteiger partial charge >= 0.3 is 0 Å². The third-order valence-corrected chi connectivity index (χ3v) is 3.68. The van der Waals surface area contributed by atoms with Crippen LogP contribution in [0.4, 0.5) is 5.69 Å². The van der Waals surface area contributed by atoms with E-state index in [2.05, 4.69) is 10.6 Å². The summed E-state index contributed by atoms with van der Waals surface area (Å²) in [5.41, 5.74) is 5.64. The predicted octanol–water partition coefficient (Wildman–Crippen LogP) is 3.29. The minimum absolute atomic E-state index is 0.0568. The van der Waals surface area contributed by atoms with Gasteiger partial charge < -0.3 is 10.6 Å². The molecule has 0 saturated carbocycles. The SMILES string of the molecule is Cc1cc(C)cc(C(=O)NCC(=O)Nc2ccc(C)c(C)c2)c1. The number of carbonyl (C=O) groups excluding carboxylic acids is 2. The minimum atomic E-state index is -0.244. The lowest BCUT2D eigenvalue weighted by atomic mass is 10.1. The molecular formula is C19H22N2O2. The highest BCUT2D eigenvalue weighted by atomic mass is 16.2. The number of hydrogen-bond acceptors (Lipinski definition) is 2. The quantitative estimate of drug-likeness (QED) is 0.910. The molecule has 0 spiro atoms. The first kappa shape index (κ1) is 16.7. The summed E-state index contributed by atoms with van der Waals surface area (Å²) in [5.74, 6) is -0.488. The number of carbonyl (C=O) groups is 2. The Morgan fingerprint density at radius 2 is 1.52 bits per heavy atom. The van der Waals surface area contributed by atoms with Gasteiger partial charge in [-0.05, 0) is 63.1 Å². The van der Waals surface area contributed by atoms with Gasteiger partial charge in [-0.3, -0.25) is 9.59 Å². The number of benzene rings is 2. The van der Waals surface area contributed by atoms with E-state index in [1.807, 2.05) is 64.1 Å². The van der Waals surface area contributed by atoms with Gasteiger partial charge in [0.2, 0.25) is 5.91 Å². The Hall–Kier alpha value is -2.62. The van der Waals surface area contributed by atoms with Gasteiger partial charge in [-0.1, -0.05) is 23.3 Å². The normalized spacial score (nSPS) is 10.3. The largest absolute Gasteiger partial charge is 0.343 e. The Bertz CT molecular complexity index is 731. The molecule has 0 aliphatic carbocycles. The van der Waals surface area contributed by atoms with Gasteiger partial charge in [-0.2, -0.15) is 0 Å². The van der Waals surface area contributed by atoms with Crippen molar-refractivity contribution in [3.8, 4) is 0 Å². The van der Waals surface area contributed by atoms with E-state index < -0.39 is 0 Å². The number of nitrogens with one attached hydrogen (secondary N) is 2. The lowest BCUT2D eigenvalue weighted by Crippen LogP contribution is -2.32. The van der Waals surface area contributed by atoms with Gasteiger partial charge in [0.05, 0.1) is 6.54 Å². The van der Waals surface area contributed by atoms with Crippen molar-refractivity contribution in [1.82, 2.24) is 5.32 Å². The summed E-state index contributed by atoms with van der Waals surface area (Å²) in [6, 6.07) is 11.3. The fraction of sp³-hybridized carbons (Fsp3) is 0.263. The van der Waals surface area contributed by atoms with Gasteiger partial charge in [-0.15, -0.1) is 0 Å². The molecule has 2 aromatic carbocycles. The molecule has 0 unspecified atom stereocenters. The van der Waals surface area contributed by atoms with Crippen LogP contribution in [-0.2, 0) is 4.79 Å². The van der Waals surface area contributed by atoms with Crippen LogP contribution in [0.1, 0.15) is 32.6 Å². The smallest absolute Gasteiger partial charge is 0.251 e. The van der Waals surface area contributed by atoms with E-state index in [1.165, 1.54) is 5.56 Å². The van der Waals surface area contributed by atoms with Crippen molar-refractivity contribution < 1.29 is 9.59 Å². The van der Waals surface area contributed by atoms with E-state index in [0.717, 1.165) is 22.4 Å². The van der Waals surface area contributed by atoms with Gasteiger partial charge in [-0.25, -0.2) is 0 Å². The molecule has 4 nitrogen and oxygen atoms in total. The number of anilines is 1. The summed E-state index contributed by atoms with van der Waals surface area (Å²) in [6.45, 7) is 7.84. The van der Waals surface area contributed by atoms with Crippen molar-refractivity contribution in [2.75, 3.05) is 11.9 Å². The van der Waals surface area contributed by atoms with Crippen LogP contribution in [0, 0.1) is 27.7 Å². The molecule has 0 atom stereocenters. The molecule has 2 aromatic rings. The molecule has 0 aromatic heterocycles. The molecule has 2 rings (SSSR count). The van der Waals surface area contributed by atoms with Gasteiger partial charge in [0.1, 0.15) is 0 Å². The first-order chi connectivity index (χ1) is 10.8. The summed E-state index contributed by atoms with van der Waals surface area (Å²) >= 11 is 0. The van der Waals surface area contributed by atoms with Crippen LogP contribution in [0.15, 0.2) is 36.4 Å². The topological polar surface area (TPSA) is 58.2 Å². The number of hydrogen-bond donors (Lipinski definition) is 2. The average molecular weight is 310 g/mol. The zero-order chi connectivity index (χ0) is 17.0. The monoisotopic (exact) mass is 310 g/mol. The van der Waals surface area contributed by atoms with E-state index >= 15 is 0 Å². The first-order valence-electron chi connectivity index (χ1n) is 7.59. The molecule has 0 bridgehead atoms. The maximum atomic E-state index is 12.1. The summed E-state index contributed by atoms with van der Waals surface area (Å²) in [6.07, 6.45) is 0. The highest BCUT2D eigenvalue weighted by molar-refractivity contribution is 5.99. The second-order valence-electron chi connectivity index (χ2n) is 5.91. The van der Waals surface area contributed by atoms with E-state index in [9.17, 15) is 9.59 Å². The summed E-state index contributed by atoms with van der Waals surface area (Å²) in [4.78, 5) is 24.1. The molecule has 0 aliphatic heterocycles. The molecule has 2 N–H and O–H groups in total. The van der Waals surface area contributed by atoms with Crippen LogP contribution in [0.5, 0.6) is 0 Å². The maximum Gasteiger partial charge on any atom is 0.251 e. The Balaban J connectivity index is 1.93. The van der Waals surface area contributed by atoms with Crippen molar-refractivity contribution in [3.05, 3.63) is 64.2 Å². The summed E-state index contributed by atoms with van der Waals surface area (Å²) in [7, 11) is 0. The van der Waals surface area contributed by atoms with Crippen molar-refractivity contribution in [2.45, 2.75) is 27.7 Å². The summed E-state index contributed by atoms with van der Waals surface area (Å²) < 4.78 is 0. The molecule has 2 amide bonds. The maximum absolute atomic E-state index is 12.1. The van der Waals surface area contributed by atoms with Crippen molar-refractivity contribution in [3.63, 3.8) is 0 Å². The van der Waals surface area contributed by atoms with Gasteiger partial charge in [0, 0.05) is 11.3 Å². The molecule has 0 aliphatic rings. The second-order valence-corrected chi connectivity index (χ2v) is 5.91. The highest BCUT2D eigenvalue weighted by Crippen LogP contribution is 2.14. The third kappa shape index (κ3) is 4.68. The molecule has 4 heteroatoms. The second kappa shape index (κ2) is 7.09. The van der Waals surface area contributed by atoms with Crippen molar-refractivity contribution >= 4 is 17.5 Å². The van der Waals surface area contributed by atoms with Crippen molar-refractivity contribution in [1.29, 1.82) is 0 Å². The zero-order valence-corrected chi connectivity index (χ0v) is 14.0. The lowest BCUT2D eigenvalue weighted by Gasteiger charge is -2.09. The Morgan fingerprint density at radius 1 is 0.870 bits per heavy atom. The van der Waals surface area contributed by atoms with E-state index in [0.29, 0.717) is 5.56 Å². The average Bonchev–Trinajstić information content (AvgIpc) is 2.47. The van der Waals surface area contributed by atoms with E-state index in [1.54, 1.807) is 0 Å². The number of aryl methyl sites for hydroxylation is 4. The lowest BCUT2D eigenvalue weighted by molar-refractivity contribution is -0.115. The molecule has 120 valence electrons. The minimum Gasteiger partial charge on any atom is -0.343 e. The highest BCUT2D eigenvalue weighted by Gasteiger charge is 2.09. The predicted molar refractivity (Wildman–Crippen MR) is 92.8 cm³/mol. The Labute approximate surface area is 136 Å². The number of rotatable bonds is 4. The van der Waals surface area contributed by atoms with E-state index in [-0.39, 0.29) is 18.4 Å². The molecule has 0 saturated heterocycles. The van der Waals surface area contributed by atoms with Crippen LogP contribution >= 0.6 is 0 Å². The standard InChI is InChI=1S/C19H22N2O2/c1-12-7-13(2)9-16(8-12)19(23)20-11-18(22)21-17-6-5-14(3)15(4)10-17/h5-10H,11H2,1-4H3,(H,20,23)(H,21,22). The first-order valence-corrected chi connectivity index (χ1v) is 7.59. The molecule has 23 heavy (non-hydrogen) atoms. The fourth-order valence-electron chi connectivity index (χ4n) is 2.39. The third-order valence-electron chi connectivity index (χ3n) is 3.68.